The number of rotatable bonds is 2. The molecule has 0 bridgehead atoms. The smallest absolute Gasteiger partial charge is 0.412 e. The number of allylic oxidation sites excluding steroid dienone is 1. The van der Waals surface area contributed by atoms with E-state index in [0.717, 1.165) is 50.3 Å². The molecule has 1 aromatic carbocycles. The Labute approximate surface area is 205 Å². The molecule has 1 amide bonds. The summed E-state index contributed by atoms with van der Waals surface area (Å²) in [4.78, 5) is 37.3. The van der Waals surface area contributed by atoms with E-state index in [1.807, 2.05) is 18.2 Å². The van der Waals surface area contributed by atoms with Gasteiger partial charge in [0, 0.05) is 17.2 Å². The highest BCUT2D eigenvalue weighted by atomic mass is 16.6. The van der Waals surface area contributed by atoms with Gasteiger partial charge in [-0.15, -0.1) is 0 Å². The molecular formula is C29H33NO5. The van der Waals surface area contributed by atoms with Gasteiger partial charge in [-0.2, -0.15) is 0 Å². The van der Waals surface area contributed by atoms with Crippen LogP contribution in [0, 0.1) is 28.6 Å². The molecule has 0 radical (unpaired) electrons. The zero-order chi connectivity index (χ0) is 24.4. The summed E-state index contributed by atoms with van der Waals surface area (Å²) in [5.41, 5.74) is 1.46. The van der Waals surface area contributed by atoms with Gasteiger partial charge < -0.3 is 9.15 Å². The van der Waals surface area contributed by atoms with Crippen molar-refractivity contribution in [1.82, 2.24) is 0 Å². The summed E-state index contributed by atoms with van der Waals surface area (Å²) in [5.74, 6) is 2.01. The lowest BCUT2D eigenvalue weighted by Crippen LogP contribution is -2.51. The van der Waals surface area contributed by atoms with Crippen LogP contribution < -0.4 is 10.9 Å². The maximum Gasteiger partial charge on any atom is 0.412 e. The molecule has 1 aromatic heterocycles. The van der Waals surface area contributed by atoms with Crippen LogP contribution in [0.4, 0.5) is 10.5 Å². The van der Waals surface area contributed by atoms with Crippen molar-refractivity contribution in [3.8, 4) is 0 Å². The van der Waals surface area contributed by atoms with Crippen LogP contribution in [0.15, 0.2) is 51.2 Å². The molecular weight excluding hydrogens is 442 g/mol. The normalized spacial score (nSPS) is 36.1. The van der Waals surface area contributed by atoms with Crippen LogP contribution in [0.1, 0.15) is 65.2 Å². The standard InChI is InChI=1S/C29H33NO5/c1-28-13-11-19(31)16-18(28)7-8-20-21-9-10-25(29(21,2)14-12-22(20)28)35-27(33)30-23-15-17-5-3-4-6-24(17)34-26(23)32/h3-6,15-16,20-22,25H,7-14H2,1-2H3,(H,30,33)/t20-,21-,22-,25-,28-,29-/m0/s1. The Morgan fingerprint density at radius 1 is 1.03 bits per heavy atom. The average molecular weight is 476 g/mol. The lowest BCUT2D eigenvalue weighted by Gasteiger charge is -2.57. The number of hydrogen-bond acceptors (Lipinski definition) is 5. The fourth-order valence-electron chi connectivity index (χ4n) is 8.12. The van der Waals surface area contributed by atoms with E-state index in [4.69, 9.17) is 9.15 Å². The fourth-order valence-corrected chi connectivity index (χ4v) is 8.12. The van der Waals surface area contributed by atoms with Gasteiger partial charge in [0.2, 0.25) is 0 Å². The van der Waals surface area contributed by atoms with E-state index in [2.05, 4.69) is 19.2 Å². The van der Waals surface area contributed by atoms with Gasteiger partial charge >= 0.3 is 11.7 Å². The molecule has 4 aliphatic rings. The number of fused-ring (bicyclic) bond motifs is 6. The molecule has 35 heavy (non-hydrogen) atoms. The van der Waals surface area contributed by atoms with Crippen molar-refractivity contribution in [2.24, 2.45) is 28.6 Å². The number of para-hydroxylation sites is 1. The van der Waals surface area contributed by atoms with Gasteiger partial charge in [0.15, 0.2) is 5.78 Å². The number of amides is 1. The first-order chi connectivity index (χ1) is 16.8. The van der Waals surface area contributed by atoms with Gasteiger partial charge in [0.05, 0.1) is 0 Å². The van der Waals surface area contributed by atoms with Crippen LogP contribution in [-0.2, 0) is 9.53 Å². The number of nitrogens with one attached hydrogen (secondary N) is 1. The Morgan fingerprint density at radius 2 is 1.86 bits per heavy atom. The summed E-state index contributed by atoms with van der Waals surface area (Å²) in [6, 6.07) is 8.86. The highest BCUT2D eigenvalue weighted by molar-refractivity contribution is 5.91. The molecule has 184 valence electrons. The van der Waals surface area contributed by atoms with E-state index in [0.29, 0.717) is 29.8 Å². The lowest BCUT2D eigenvalue weighted by molar-refractivity contribution is -0.118. The zero-order valence-electron chi connectivity index (χ0n) is 20.5. The Morgan fingerprint density at radius 3 is 2.71 bits per heavy atom. The Bertz CT molecular complexity index is 1290. The molecule has 3 saturated carbocycles. The van der Waals surface area contributed by atoms with Crippen molar-refractivity contribution < 1.29 is 18.7 Å². The third-order valence-corrected chi connectivity index (χ3v) is 10.0. The van der Waals surface area contributed by atoms with E-state index in [1.54, 1.807) is 18.2 Å². The topological polar surface area (TPSA) is 85.6 Å². The van der Waals surface area contributed by atoms with Crippen LogP contribution in [0.25, 0.3) is 11.0 Å². The van der Waals surface area contributed by atoms with Gasteiger partial charge in [-0.05, 0) is 86.3 Å². The number of anilines is 1. The third-order valence-electron chi connectivity index (χ3n) is 10.0. The minimum absolute atomic E-state index is 0.0609. The predicted molar refractivity (Wildman–Crippen MR) is 133 cm³/mol. The maximum absolute atomic E-state index is 12.9. The number of hydrogen-bond donors (Lipinski definition) is 1. The van der Waals surface area contributed by atoms with Crippen LogP contribution >= 0.6 is 0 Å². The molecule has 1 heterocycles. The predicted octanol–water partition coefficient (Wildman–Crippen LogP) is 6.24. The SMILES string of the molecule is C[C@]12CC[C@H]3[C@@H](CCC4=CC(=O)CC[C@@]43C)[C@@H]1CC[C@@H]2OC(=O)Nc1cc2ccccc2oc1=O. The fraction of sp³-hybridized carbons (Fsp3) is 0.552. The summed E-state index contributed by atoms with van der Waals surface area (Å²) in [5, 5.41) is 3.39. The van der Waals surface area contributed by atoms with Gasteiger partial charge in [-0.1, -0.05) is 37.6 Å². The molecule has 0 spiro atoms. The second-order valence-corrected chi connectivity index (χ2v) is 11.6. The Balaban J connectivity index is 1.18. The minimum Gasteiger partial charge on any atom is -0.445 e. The largest absolute Gasteiger partial charge is 0.445 e. The summed E-state index contributed by atoms with van der Waals surface area (Å²) in [6.07, 6.45) is 8.99. The second-order valence-electron chi connectivity index (χ2n) is 11.6. The molecule has 0 unspecified atom stereocenters. The van der Waals surface area contributed by atoms with E-state index < -0.39 is 11.7 Å². The molecule has 6 atom stereocenters. The van der Waals surface area contributed by atoms with E-state index in [-0.39, 0.29) is 28.4 Å². The Hall–Kier alpha value is -2.89. The van der Waals surface area contributed by atoms with Crippen LogP contribution in [0.3, 0.4) is 0 Å². The maximum atomic E-state index is 12.9. The first kappa shape index (κ1) is 22.6. The number of benzene rings is 1. The number of carbonyl (C=O) groups excluding carboxylic acids is 2. The molecule has 1 N–H and O–H groups in total. The highest BCUT2D eigenvalue weighted by Crippen LogP contribution is 2.65. The van der Waals surface area contributed by atoms with Crippen molar-refractivity contribution in [1.29, 1.82) is 0 Å². The molecule has 6 rings (SSSR count). The molecule has 2 aromatic rings. The first-order valence-electron chi connectivity index (χ1n) is 13.0. The average Bonchev–Trinajstić information content (AvgIpc) is 3.16. The van der Waals surface area contributed by atoms with Crippen LogP contribution in [0.5, 0.6) is 0 Å². The quantitative estimate of drug-likeness (QED) is 0.520. The van der Waals surface area contributed by atoms with Crippen molar-refractivity contribution in [3.63, 3.8) is 0 Å². The van der Waals surface area contributed by atoms with Crippen LogP contribution in [-0.4, -0.2) is 18.0 Å². The molecule has 3 fully saturated rings. The molecule has 6 nitrogen and oxygen atoms in total. The third kappa shape index (κ3) is 3.56. The molecule has 0 saturated heterocycles. The summed E-state index contributed by atoms with van der Waals surface area (Å²) >= 11 is 0. The first-order valence-corrected chi connectivity index (χ1v) is 13.0. The van der Waals surface area contributed by atoms with Gasteiger partial charge in [-0.25, -0.2) is 9.59 Å². The minimum atomic E-state index is -0.590. The van der Waals surface area contributed by atoms with E-state index >= 15 is 0 Å². The number of ether oxygens (including phenoxy) is 1. The number of carbonyl (C=O) groups is 2. The summed E-state index contributed by atoms with van der Waals surface area (Å²) in [6.45, 7) is 4.68. The van der Waals surface area contributed by atoms with E-state index in [9.17, 15) is 14.4 Å². The molecule has 4 aliphatic carbocycles. The van der Waals surface area contributed by atoms with Crippen molar-refractivity contribution in [2.45, 2.75) is 71.3 Å². The summed E-state index contributed by atoms with van der Waals surface area (Å²) < 4.78 is 11.3. The van der Waals surface area contributed by atoms with Crippen molar-refractivity contribution in [3.05, 3.63) is 52.4 Å². The molecule has 6 heteroatoms. The zero-order valence-corrected chi connectivity index (χ0v) is 20.5. The van der Waals surface area contributed by atoms with Gasteiger partial charge in [0.25, 0.3) is 0 Å². The summed E-state index contributed by atoms with van der Waals surface area (Å²) in [7, 11) is 0. The lowest BCUT2D eigenvalue weighted by atomic mass is 9.47. The molecule has 0 aliphatic heterocycles. The second kappa shape index (κ2) is 8.07. The highest BCUT2D eigenvalue weighted by Gasteiger charge is 2.60. The van der Waals surface area contributed by atoms with Gasteiger partial charge in [0.1, 0.15) is 17.4 Å². The van der Waals surface area contributed by atoms with Crippen molar-refractivity contribution >= 4 is 28.5 Å². The van der Waals surface area contributed by atoms with Crippen molar-refractivity contribution in [2.75, 3.05) is 5.32 Å². The van der Waals surface area contributed by atoms with E-state index in [1.165, 1.54) is 5.57 Å². The monoisotopic (exact) mass is 475 g/mol. The Kier molecular flexibility index (Phi) is 5.20. The van der Waals surface area contributed by atoms with Gasteiger partial charge in [-0.3, -0.25) is 10.1 Å². The van der Waals surface area contributed by atoms with Crippen LogP contribution in [0.2, 0.25) is 0 Å². The number of ketones is 1.